The van der Waals surface area contributed by atoms with E-state index in [1.54, 1.807) is 24.3 Å². The molecule has 1 rings (SSSR count). The van der Waals surface area contributed by atoms with Crippen LogP contribution < -0.4 is 0 Å². The summed E-state index contributed by atoms with van der Waals surface area (Å²) in [5, 5.41) is 0.662. The predicted octanol–water partition coefficient (Wildman–Crippen LogP) is 3.81. The summed E-state index contributed by atoms with van der Waals surface area (Å²) in [4.78, 5) is 3.79. The average molecular weight is 208 g/mol. The van der Waals surface area contributed by atoms with E-state index in [4.69, 9.17) is 34.8 Å². The van der Waals surface area contributed by atoms with Gasteiger partial charge in [-0.2, -0.15) is 0 Å². The van der Waals surface area contributed by atoms with Crippen molar-refractivity contribution in [3.63, 3.8) is 0 Å². The lowest BCUT2D eigenvalue weighted by Crippen LogP contribution is -1.69. The van der Waals surface area contributed by atoms with Crippen molar-refractivity contribution < 1.29 is 0 Å². The van der Waals surface area contributed by atoms with Gasteiger partial charge in [0, 0.05) is 5.02 Å². The molecular weight excluding hydrogens is 204 g/mol. The smallest absolute Gasteiger partial charge is 0.197 e. The highest BCUT2D eigenvalue weighted by molar-refractivity contribution is 6.95. The topological polar surface area (TPSA) is 12.4 Å². The first-order valence-corrected chi connectivity index (χ1v) is 3.97. The molecule has 1 aromatic carbocycles. The number of benzene rings is 1. The molecule has 0 heterocycles. The van der Waals surface area contributed by atoms with Crippen LogP contribution in [0, 0.1) is 0 Å². The number of hydrogen-bond acceptors (Lipinski definition) is 1. The summed E-state index contributed by atoms with van der Waals surface area (Å²) in [5.74, 6) is 0. The molecule has 0 N–H and O–H groups in total. The Morgan fingerprint density at radius 3 is 2.09 bits per heavy atom. The van der Waals surface area contributed by atoms with Gasteiger partial charge in [0.1, 0.15) is 0 Å². The van der Waals surface area contributed by atoms with E-state index in [9.17, 15) is 0 Å². The Bertz CT molecular complexity index is 262. The van der Waals surface area contributed by atoms with Gasteiger partial charge in [0.15, 0.2) is 4.63 Å². The van der Waals surface area contributed by atoms with E-state index in [0.29, 0.717) is 10.7 Å². The molecule has 0 aliphatic carbocycles. The van der Waals surface area contributed by atoms with Crippen molar-refractivity contribution in [2.24, 2.45) is 4.99 Å². The Kier molecular flexibility index (Phi) is 3.18. The first kappa shape index (κ1) is 8.85. The van der Waals surface area contributed by atoms with Crippen LogP contribution >= 0.6 is 34.8 Å². The minimum atomic E-state index is -0.00711. The lowest BCUT2D eigenvalue weighted by molar-refractivity contribution is 1.54. The van der Waals surface area contributed by atoms with E-state index in [1.165, 1.54) is 0 Å². The van der Waals surface area contributed by atoms with Gasteiger partial charge in [0.25, 0.3) is 0 Å². The molecule has 1 nitrogen and oxygen atoms in total. The highest BCUT2D eigenvalue weighted by Crippen LogP contribution is 2.17. The first-order valence-electron chi connectivity index (χ1n) is 2.84. The molecule has 0 amide bonds. The van der Waals surface area contributed by atoms with E-state index in [-0.39, 0.29) is 4.63 Å². The highest BCUT2D eigenvalue weighted by atomic mass is 35.5. The summed E-state index contributed by atoms with van der Waals surface area (Å²) in [6.07, 6.45) is 0. The summed E-state index contributed by atoms with van der Waals surface area (Å²) < 4.78 is -0.00711. The van der Waals surface area contributed by atoms with Gasteiger partial charge in [-0.25, -0.2) is 4.99 Å². The van der Waals surface area contributed by atoms with Gasteiger partial charge in [-0.3, -0.25) is 0 Å². The van der Waals surface area contributed by atoms with Gasteiger partial charge in [0.05, 0.1) is 5.69 Å². The van der Waals surface area contributed by atoms with E-state index >= 15 is 0 Å². The minimum Gasteiger partial charge on any atom is -0.225 e. The van der Waals surface area contributed by atoms with E-state index in [2.05, 4.69) is 4.99 Å². The largest absolute Gasteiger partial charge is 0.225 e. The molecule has 0 fully saturated rings. The maximum absolute atomic E-state index is 5.63. The van der Waals surface area contributed by atoms with Crippen molar-refractivity contribution >= 4 is 45.1 Å². The number of halogens is 3. The van der Waals surface area contributed by atoms with Gasteiger partial charge >= 0.3 is 0 Å². The van der Waals surface area contributed by atoms with Crippen molar-refractivity contribution in [2.75, 3.05) is 0 Å². The Hall–Kier alpha value is -0.240. The molecular formula is C7H4Cl3N. The van der Waals surface area contributed by atoms with E-state index < -0.39 is 0 Å². The number of rotatable bonds is 1. The Balaban J connectivity index is 2.91. The molecule has 0 aliphatic heterocycles. The molecule has 0 bridgehead atoms. The van der Waals surface area contributed by atoms with Gasteiger partial charge in [-0.05, 0) is 47.5 Å². The van der Waals surface area contributed by atoms with Crippen LogP contribution in [-0.2, 0) is 0 Å². The zero-order chi connectivity index (χ0) is 8.27. The van der Waals surface area contributed by atoms with E-state index in [0.717, 1.165) is 0 Å². The first-order chi connectivity index (χ1) is 5.18. The molecule has 0 aliphatic rings. The van der Waals surface area contributed by atoms with Crippen molar-refractivity contribution in [3.05, 3.63) is 29.3 Å². The molecule has 0 radical (unpaired) electrons. The average Bonchev–Trinajstić information content (AvgIpc) is 1.93. The Morgan fingerprint density at radius 1 is 1.09 bits per heavy atom. The van der Waals surface area contributed by atoms with Crippen LogP contribution in [0.15, 0.2) is 29.3 Å². The summed E-state index contributed by atoms with van der Waals surface area (Å²) in [6, 6.07) is 6.90. The van der Waals surface area contributed by atoms with Crippen LogP contribution in [0.1, 0.15) is 0 Å². The van der Waals surface area contributed by atoms with Crippen molar-refractivity contribution in [1.29, 1.82) is 0 Å². The second-order valence-electron chi connectivity index (χ2n) is 1.83. The monoisotopic (exact) mass is 207 g/mol. The SMILES string of the molecule is ClC(Cl)=Nc1ccc(Cl)cc1. The van der Waals surface area contributed by atoms with Crippen molar-refractivity contribution in [2.45, 2.75) is 0 Å². The second-order valence-corrected chi connectivity index (χ2v) is 3.17. The summed E-state index contributed by atoms with van der Waals surface area (Å²) >= 11 is 16.3. The number of hydrogen-bond donors (Lipinski definition) is 0. The minimum absolute atomic E-state index is 0.00711. The number of aliphatic imine (C=N–C) groups is 1. The van der Waals surface area contributed by atoms with Crippen LogP contribution in [0.3, 0.4) is 0 Å². The fraction of sp³-hybridized carbons (Fsp3) is 0. The van der Waals surface area contributed by atoms with Gasteiger partial charge < -0.3 is 0 Å². The standard InChI is InChI=1S/C7H4Cl3N/c8-5-1-3-6(4-2-5)11-7(9)10/h1-4H. The quantitative estimate of drug-likeness (QED) is 0.623. The third-order valence-corrected chi connectivity index (χ3v) is 1.46. The molecule has 58 valence electrons. The molecule has 11 heavy (non-hydrogen) atoms. The van der Waals surface area contributed by atoms with Crippen LogP contribution in [0.5, 0.6) is 0 Å². The normalized spacial score (nSPS) is 9.36. The fourth-order valence-electron chi connectivity index (χ4n) is 0.613. The zero-order valence-electron chi connectivity index (χ0n) is 5.39. The lowest BCUT2D eigenvalue weighted by Gasteiger charge is -1.91. The molecule has 0 aromatic heterocycles. The highest BCUT2D eigenvalue weighted by Gasteiger charge is 1.90. The summed E-state index contributed by atoms with van der Waals surface area (Å²) in [7, 11) is 0. The molecule has 0 spiro atoms. The van der Waals surface area contributed by atoms with Gasteiger partial charge in [-0.1, -0.05) is 11.6 Å². The molecule has 4 heteroatoms. The summed E-state index contributed by atoms with van der Waals surface area (Å²) in [6.45, 7) is 0. The lowest BCUT2D eigenvalue weighted by atomic mass is 10.3. The third-order valence-electron chi connectivity index (χ3n) is 1.04. The third kappa shape index (κ3) is 3.10. The fourth-order valence-corrected chi connectivity index (χ4v) is 0.934. The Morgan fingerprint density at radius 2 is 1.64 bits per heavy atom. The number of nitrogens with zero attached hydrogens (tertiary/aromatic N) is 1. The summed E-state index contributed by atoms with van der Waals surface area (Å²) in [5.41, 5.74) is 0.689. The maximum Gasteiger partial charge on any atom is 0.197 e. The van der Waals surface area contributed by atoms with Gasteiger partial charge in [-0.15, -0.1) is 0 Å². The van der Waals surface area contributed by atoms with Crippen LogP contribution in [0.4, 0.5) is 5.69 Å². The maximum atomic E-state index is 5.63. The molecule has 0 saturated carbocycles. The zero-order valence-corrected chi connectivity index (χ0v) is 7.66. The molecule has 0 atom stereocenters. The second kappa shape index (κ2) is 3.96. The molecule has 1 aromatic rings. The van der Waals surface area contributed by atoms with Gasteiger partial charge in [0.2, 0.25) is 0 Å². The molecule has 0 saturated heterocycles. The van der Waals surface area contributed by atoms with Crippen molar-refractivity contribution in [3.8, 4) is 0 Å². The van der Waals surface area contributed by atoms with Crippen LogP contribution in [0.2, 0.25) is 5.02 Å². The van der Waals surface area contributed by atoms with Crippen LogP contribution in [0.25, 0.3) is 0 Å². The van der Waals surface area contributed by atoms with E-state index in [1.807, 2.05) is 0 Å². The van der Waals surface area contributed by atoms with Crippen molar-refractivity contribution in [1.82, 2.24) is 0 Å². The van der Waals surface area contributed by atoms with Crippen LogP contribution in [-0.4, -0.2) is 4.63 Å². The predicted molar refractivity (Wildman–Crippen MR) is 50.3 cm³/mol. The molecule has 0 unspecified atom stereocenters. The Labute approximate surface area is 79.6 Å².